The lowest BCUT2D eigenvalue weighted by Crippen LogP contribution is -2.39. The second kappa shape index (κ2) is 9.74. The number of rotatable bonds is 5. The molecule has 1 aromatic carbocycles. The quantitative estimate of drug-likeness (QED) is 0.435. The predicted molar refractivity (Wildman–Crippen MR) is 77.7 cm³/mol. The van der Waals surface area contributed by atoms with Gasteiger partial charge in [-0.1, -0.05) is 29.8 Å². The molecule has 0 saturated heterocycles. The molecular formula is C13H16ClNO8. The average molecular weight is 350 g/mol. The molecule has 0 radical (unpaired) electrons. The number of esters is 1. The Hall–Kier alpha value is -2.20. The SMILES string of the molecule is COC(=O)[C@H](N)c1ccccc1Cl.O=C(O)[C@@H](O)[C@H](O)C(=O)O. The van der Waals surface area contributed by atoms with E-state index in [0.717, 1.165) is 0 Å². The third-order valence-electron chi connectivity index (χ3n) is 2.50. The molecule has 0 bridgehead atoms. The number of aliphatic carboxylic acids is 2. The van der Waals surface area contributed by atoms with Crippen LogP contribution in [0.1, 0.15) is 11.6 Å². The zero-order chi connectivity index (χ0) is 18.2. The van der Waals surface area contributed by atoms with Gasteiger partial charge < -0.3 is 30.9 Å². The van der Waals surface area contributed by atoms with Gasteiger partial charge in [-0.15, -0.1) is 0 Å². The molecule has 0 amide bonds. The monoisotopic (exact) mass is 349 g/mol. The van der Waals surface area contributed by atoms with Gasteiger partial charge in [0.25, 0.3) is 0 Å². The number of carbonyl (C=O) groups excluding carboxylic acids is 1. The average Bonchev–Trinajstić information content (AvgIpc) is 2.52. The fraction of sp³-hybridized carbons (Fsp3) is 0.308. The van der Waals surface area contributed by atoms with Gasteiger partial charge in [0, 0.05) is 5.02 Å². The predicted octanol–water partition coefficient (Wildman–Crippen LogP) is -0.610. The van der Waals surface area contributed by atoms with E-state index in [4.69, 9.17) is 37.8 Å². The molecule has 128 valence electrons. The van der Waals surface area contributed by atoms with E-state index in [2.05, 4.69) is 4.74 Å². The number of ether oxygens (including phenoxy) is 1. The highest BCUT2D eigenvalue weighted by molar-refractivity contribution is 6.31. The van der Waals surface area contributed by atoms with E-state index in [0.29, 0.717) is 10.6 Å². The summed E-state index contributed by atoms with van der Waals surface area (Å²) in [5, 5.41) is 33.0. The smallest absolute Gasteiger partial charge is 0.335 e. The number of aliphatic hydroxyl groups excluding tert-OH is 2. The van der Waals surface area contributed by atoms with Gasteiger partial charge in [0.15, 0.2) is 12.2 Å². The molecule has 0 fully saturated rings. The number of halogens is 1. The summed E-state index contributed by atoms with van der Waals surface area (Å²) in [4.78, 5) is 30.6. The van der Waals surface area contributed by atoms with Crippen molar-refractivity contribution in [1.82, 2.24) is 0 Å². The number of carboxylic acids is 2. The molecule has 6 N–H and O–H groups in total. The highest BCUT2D eigenvalue weighted by atomic mass is 35.5. The minimum Gasteiger partial charge on any atom is -0.479 e. The van der Waals surface area contributed by atoms with Gasteiger partial charge in [-0.25, -0.2) is 9.59 Å². The first kappa shape index (κ1) is 20.8. The van der Waals surface area contributed by atoms with E-state index in [1.54, 1.807) is 24.3 Å². The highest BCUT2D eigenvalue weighted by Crippen LogP contribution is 2.21. The largest absolute Gasteiger partial charge is 0.479 e. The molecule has 1 aromatic rings. The van der Waals surface area contributed by atoms with Crippen LogP contribution in [0.4, 0.5) is 0 Å². The lowest BCUT2D eigenvalue weighted by atomic mass is 10.1. The van der Waals surface area contributed by atoms with Crippen LogP contribution in [0.3, 0.4) is 0 Å². The summed E-state index contributed by atoms with van der Waals surface area (Å²) in [6.07, 6.45) is -4.53. The zero-order valence-electron chi connectivity index (χ0n) is 11.9. The van der Waals surface area contributed by atoms with Crippen LogP contribution >= 0.6 is 11.6 Å². The lowest BCUT2D eigenvalue weighted by molar-refractivity contribution is -0.165. The number of methoxy groups -OCH3 is 1. The molecule has 3 atom stereocenters. The van der Waals surface area contributed by atoms with E-state index in [1.165, 1.54) is 7.11 Å². The van der Waals surface area contributed by atoms with Gasteiger partial charge in [-0.05, 0) is 11.6 Å². The minimum atomic E-state index is -2.27. The van der Waals surface area contributed by atoms with Crippen molar-refractivity contribution in [3.8, 4) is 0 Å². The second-order valence-electron chi connectivity index (χ2n) is 4.09. The minimum absolute atomic E-state index is 0.473. The van der Waals surface area contributed by atoms with Crippen molar-refractivity contribution in [2.45, 2.75) is 18.2 Å². The molecular weight excluding hydrogens is 334 g/mol. The van der Waals surface area contributed by atoms with Crippen LogP contribution in [0.15, 0.2) is 24.3 Å². The summed E-state index contributed by atoms with van der Waals surface area (Å²) in [5.74, 6) is -4.03. The number of aliphatic hydroxyl groups is 2. The molecule has 0 aliphatic heterocycles. The van der Waals surface area contributed by atoms with Crippen molar-refractivity contribution >= 4 is 29.5 Å². The van der Waals surface area contributed by atoms with E-state index in [9.17, 15) is 14.4 Å². The molecule has 0 aromatic heterocycles. The van der Waals surface area contributed by atoms with Crippen LogP contribution in [0, 0.1) is 0 Å². The number of carboxylic acid groups (broad SMARTS) is 2. The van der Waals surface area contributed by atoms with Gasteiger partial charge in [0.1, 0.15) is 6.04 Å². The van der Waals surface area contributed by atoms with Crippen molar-refractivity contribution < 1.29 is 39.5 Å². The normalized spacial score (nSPS) is 13.8. The van der Waals surface area contributed by atoms with Gasteiger partial charge in [0.05, 0.1) is 7.11 Å². The van der Waals surface area contributed by atoms with Gasteiger partial charge in [-0.2, -0.15) is 0 Å². The van der Waals surface area contributed by atoms with Crippen molar-refractivity contribution in [3.05, 3.63) is 34.9 Å². The molecule has 10 heteroatoms. The van der Waals surface area contributed by atoms with Crippen molar-refractivity contribution in [2.75, 3.05) is 7.11 Å². The third-order valence-corrected chi connectivity index (χ3v) is 2.84. The number of hydrogen-bond donors (Lipinski definition) is 5. The Bertz CT molecular complexity index is 547. The summed E-state index contributed by atoms with van der Waals surface area (Å²) in [7, 11) is 1.29. The Morgan fingerprint density at radius 1 is 1.09 bits per heavy atom. The zero-order valence-corrected chi connectivity index (χ0v) is 12.7. The Labute approximate surface area is 135 Å². The Balaban J connectivity index is 0.000000438. The van der Waals surface area contributed by atoms with Gasteiger partial charge >= 0.3 is 17.9 Å². The van der Waals surface area contributed by atoms with Crippen LogP contribution in [0.25, 0.3) is 0 Å². The molecule has 9 nitrogen and oxygen atoms in total. The van der Waals surface area contributed by atoms with Crippen LogP contribution < -0.4 is 5.73 Å². The first-order valence-corrected chi connectivity index (χ1v) is 6.40. The summed E-state index contributed by atoms with van der Waals surface area (Å²) >= 11 is 5.83. The van der Waals surface area contributed by atoms with Crippen molar-refractivity contribution in [2.24, 2.45) is 5.73 Å². The maximum Gasteiger partial charge on any atom is 0.335 e. The molecule has 0 saturated carbocycles. The topological polar surface area (TPSA) is 167 Å². The Morgan fingerprint density at radius 3 is 1.87 bits per heavy atom. The number of hydrogen-bond acceptors (Lipinski definition) is 7. The summed E-state index contributed by atoms with van der Waals surface area (Å²) in [5.41, 5.74) is 6.17. The van der Waals surface area contributed by atoms with Crippen LogP contribution in [-0.2, 0) is 19.1 Å². The van der Waals surface area contributed by atoms with Crippen LogP contribution in [0.5, 0.6) is 0 Å². The second-order valence-corrected chi connectivity index (χ2v) is 4.50. The van der Waals surface area contributed by atoms with E-state index >= 15 is 0 Å². The Kier molecular flexibility index (Phi) is 8.81. The summed E-state index contributed by atoms with van der Waals surface area (Å²) in [6, 6.07) is 6.11. The van der Waals surface area contributed by atoms with Gasteiger partial charge in [0.2, 0.25) is 0 Å². The fourth-order valence-electron chi connectivity index (χ4n) is 1.25. The molecule has 23 heavy (non-hydrogen) atoms. The number of benzene rings is 1. The fourth-order valence-corrected chi connectivity index (χ4v) is 1.50. The third kappa shape index (κ3) is 6.61. The highest BCUT2D eigenvalue weighted by Gasteiger charge is 2.29. The van der Waals surface area contributed by atoms with Crippen LogP contribution in [-0.4, -0.2) is 57.7 Å². The molecule has 0 spiro atoms. The maximum atomic E-state index is 11.1. The molecule has 1 rings (SSSR count). The first-order chi connectivity index (χ1) is 10.6. The maximum absolute atomic E-state index is 11.1. The van der Waals surface area contributed by atoms with Crippen LogP contribution in [0.2, 0.25) is 5.02 Å². The molecule has 0 aliphatic rings. The summed E-state index contributed by atoms with van der Waals surface area (Å²) in [6.45, 7) is 0. The number of nitrogens with two attached hydrogens (primary N) is 1. The van der Waals surface area contributed by atoms with Gasteiger partial charge in [-0.3, -0.25) is 4.79 Å². The first-order valence-electron chi connectivity index (χ1n) is 6.03. The summed E-state index contributed by atoms with van der Waals surface area (Å²) < 4.78 is 4.50. The van der Waals surface area contributed by atoms with Crippen molar-refractivity contribution in [1.29, 1.82) is 0 Å². The lowest BCUT2D eigenvalue weighted by Gasteiger charge is -2.10. The molecule has 0 unspecified atom stereocenters. The van der Waals surface area contributed by atoms with Crippen molar-refractivity contribution in [3.63, 3.8) is 0 Å². The van der Waals surface area contributed by atoms with E-state index < -0.39 is 36.2 Å². The standard InChI is InChI=1S/C9H10ClNO2.C4H6O6/c1-13-9(12)8(11)6-4-2-3-5-7(6)10;5-1(3(7)8)2(6)4(9)10/h2-5,8H,11H2,1H3;1-2,5-6H,(H,7,8)(H,9,10)/t8-;1-,2-/m10/s1. The molecule has 0 heterocycles. The molecule has 0 aliphatic carbocycles. The Morgan fingerprint density at radius 2 is 1.52 bits per heavy atom. The number of carbonyl (C=O) groups is 3. The van der Waals surface area contributed by atoms with E-state index in [1.807, 2.05) is 0 Å². The van der Waals surface area contributed by atoms with E-state index in [-0.39, 0.29) is 0 Å².